The number of ether oxygens (including phenoxy) is 1. The Kier molecular flexibility index (Phi) is 4.16. The van der Waals surface area contributed by atoms with Crippen molar-refractivity contribution in [3.05, 3.63) is 76.4 Å². The van der Waals surface area contributed by atoms with Crippen molar-refractivity contribution in [2.24, 2.45) is 0 Å². The molecule has 0 aliphatic heterocycles. The molecular formula is C22H19FO2S. The van der Waals surface area contributed by atoms with Crippen LogP contribution >= 0.6 is 11.3 Å². The highest BCUT2D eigenvalue weighted by Gasteiger charge is 2.44. The van der Waals surface area contributed by atoms with Crippen molar-refractivity contribution < 1.29 is 13.9 Å². The van der Waals surface area contributed by atoms with Crippen molar-refractivity contribution in [1.82, 2.24) is 0 Å². The van der Waals surface area contributed by atoms with Crippen LogP contribution in [-0.4, -0.2) is 13.1 Å². The summed E-state index contributed by atoms with van der Waals surface area (Å²) >= 11 is 1.72. The molecule has 1 aromatic heterocycles. The summed E-state index contributed by atoms with van der Waals surface area (Å²) in [5, 5.41) is 1.20. The van der Waals surface area contributed by atoms with E-state index in [-0.39, 0.29) is 11.8 Å². The Morgan fingerprint density at radius 1 is 1.19 bits per heavy atom. The van der Waals surface area contributed by atoms with Crippen LogP contribution in [0.1, 0.15) is 28.8 Å². The molecule has 26 heavy (non-hydrogen) atoms. The van der Waals surface area contributed by atoms with Gasteiger partial charge in [0.05, 0.1) is 7.11 Å². The molecule has 4 rings (SSSR count). The van der Waals surface area contributed by atoms with Crippen LogP contribution < -0.4 is 0 Å². The van der Waals surface area contributed by atoms with Gasteiger partial charge in [0.15, 0.2) is 0 Å². The van der Waals surface area contributed by atoms with Gasteiger partial charge in [0.2, 0.25) is 0 Å². The highest BCUT2D eigenvalue weighted by molar-refractivity contribution is 7.20. The smallest absolute Gasteiger partial charge is 0.320 e. The molecule has 0 amide bonds. The molecule has 0 bridgehead atoms. The summed E-state index contributed by atoms with van der Waals surface area (Å²) in [7, 11) is 1.39. The molecule has 0 saturated heterocycles. The molecule has 132 valence electrons. The van der Waals surface area contributed by atoms with E-state index < -0.39 is 5.41 Å². The highest BCUT2D eigenvalue weighted by Crippen LogP contribution is 2.46. The topological polar surface area (TPSA) is 26.3 Å². The maximum Gasteiger partial charge on any atom is 0.320 e. The van der Waals surface area contributed by atoms with Crippen LogP contribution in [-0.2, 0) is 14.9 Å². The SMILES string of the molecule is COC(=O)[C@]1(c2cccc(F)c2C)C=C(c2cc3ccccc3s2)CC1. The molecule has 3 aromatic rings. The minimum atomic E-state index is -0.924. The van der Waals surface area contributed by atoms with Crippen LogP contribution in [0.2, 0.25) is 0 Å². The number of fused-ring (bicyclic) bond motifs is 1. The van der Waals surface area contributed by atoms with Crippen molar-refractivity contribution in [3.63, 3.8) is 0 Å². The van der Waals surface area contributed by atoms with Gasteiger partial charge in [0, 0.05) is 9.58 Å². The van der Waals surface area contributed by atoms with E-state index in [1.807, 2.05) is 24.3 Å². The molecule has 1 heterocycles. The molecule has 4 heteroatoms. The molecule has 0 unspecified atom stereocenters. The quantitative estimate of drug-likeness (QED) is 0.561. The van der Waals surface area contributed by atoms with Crippen LogP contribution in [0.5, 0.6) is 0 Å². The Bertz CT molecular complexity index is 1000. The molecule has 1 atom stereocenters. The molecule has 2 nitrogen and oxygen atoms in total. The Morgan fingerprint density at radius 2 is 2.00 bits per heavy atom. The Morgan fingerprint density at radius 3 is 2.77 bits per heavy atom. The van der Waals surface area contributed by atoms with Gasteiger partial charge in [-0.2, -0.15) is 0 Å². The number of carbonyl (C=O) groups excluding carboxylic acids is 1. The van der Waals surface area contributed by atoms with E-state index in [0.717, 1.165) is 16.9 Å². The third-order valence-corrected chi connectivity index (χ3v) is 6.44. The number of halogens is 1. The molecular weight excluding hydrogens is 347 g/mol. The standard InChI is InChI=1S/C22H19FO2S/c1-14-17(7-5-8-18(14)23)22(21(24)25-2)11-10-16(13-22)20-12-15-6-3-4-9-19(15)26-20/h3-9,12-13H,10-11H2,1-2H3/t22-/m0/s1. The van der Waals surface area contributed by atoms with Crippen LogP contribution in [0.3, 0.4) is 0 Å². The Balaban J connectivity index is 1.86. The zero-order chi connectivity index (χ0) is 18.3. The number of thiophene rings is 1. The first-order valence-corrected chi connectivity index (χ1v) is 9.41. The molecule has 1 aliphatic rings. The van der Waals surface area contributed by atoms with Crippen molar-refractivity contribution in [1.29, 1.82) is 0 Å². The molecule has 1 aliphatic carbocycles. The lowest BCUT2D eigenvalue weighted by atomic mass is 9.78. The second-order valence-corrected chi connectivity index (χ2v) is 7.78. The lowest BCUT2D eigenvalue weighted by Gasteiger charge is -2.26. The van der Waals surface area contributed by atoms with Gasteiger partial charge in [-0.25, -0.2) is 4.39 Å². The van der Waals surface area contributed by atoms with Crippen LogP contribution in [0, 0.1) is 12.7 Å². The zero-order valence-electron chi connectivity index (χ0n) is 14.7. The molecule has 0 saturated carbocycles. The van der Waals surface area contributed by atoms with Gasteiger partial charge in [0.1, 0.15) is 11.2 Å². The summed E-state index contributed by atoms with van der Waals surface area (Å²) in [6.07, 6.45) is 3.34. The average molecular weight is 366 g/mol. The number of allylic oxidation sites excluding steroid dienone is 1. The summed E-state index contributed by atoms with van der Waals surface area (Å²) in [5.41, 5.74) is 1.40. The number of esters is 1. The Hall–Kier alpha value is -2.46. The highest BCUT2D eigenvalue weighted by atomic mass is 32.1. The van der Waals surface area contributed by atoms with Crippen molar-refractivity contribution >= 4 is 33.0 Å². The zero-order valence-corrected chi connectivity index (χ0v) is 15.5. The maximum absolute atomic E-state index is 14.2. The van der Waals surface area contributed by atoms with E-state index >= 15 is 0 Å². The predicted molar refractivity (Wildman–Crippen MR) is 104 cm³/mol. The number of rotatable bonds is 3. The fourth-order valence-corrected chi connectivity index (χ4v) is 4.97. The summed E-state index contributed by atoms with van der Waals surface area (Å²) in [6, 6.07) is 15.3. The maximum atomic E-state index is 14.2. The molecule has 0 N–H and O–H groups in total. The lowest BCUT2D eigenvalue weighted by Crippen LogP contribution is -2.34. The fraction of sp³-hybridized carbons (Fsp3) is 0.227. The third-order valence-electron chi connectivity index (χ3n) is 5.25. The van der Waals surface area contributed by atoms with Gasteiger partial charge < -0.3 is 4.74 Å². The number of methoxy groups -OCH3 is 1. The number of hydrogen-bond acceptors (Lipinski definition) is 3. The van der Waals surface area contributed by atoms with E-state index in [0.29, 0.717) is 17.5 Å². The van der Waals surface area contributed by atoms with Gasteiger partial charge in [-0.1, -0.05) is 36.4 Å². The van der Waals surface area contributed by atoms with Crippen molar-refractivity contribution in [2.75, 3.05) is 7.11 Å². The van der Waals surface area contributed by atoms with E-state index in [9.17, 15) is 9.18 Å². The minimum absolute atomic E-state index is 0.297. The molecule has 2 aromatic carbocycles. The molecule has 0 fully saturated rings. The van der Waals surface area contributed by atoms with Gasteiger partial charge in [-0.3, -0.25) is 4.79 Å². The minimum Gasteiger partial charge on any atom is -0.468 e. The number of carbonyl (C=O) groups is 1. The lowest BCUT2D eigenvalue weighted by molar-refractivity contribution is -0.145. The summed E-state index contributed by atoms with van der Waals surface area (Å²) in [6.45, 7) is 1.72. The fourth-order valence-electron chi connectivity index (χ4n) is 3.86. The van der Waals surface area contributed by atoms with Gasteiger partial charge >= 0.3 is 5.97 Å². The Labute approximate surface area is 155 Å². The van der Waals surface area contributed by atoms with Gasteiger partial charge in [0.25, 0.3) is 0 Å². The first-order valence-electron chi connectivity index (χ1n) is 8.60. The first kappa shape index (κ1) is 17.0. The van der Waals surface area contributed by atoms with E-state index in [2.05, 4.69) is 18.2 Å². The van der Waals surface area contributed by atoms with Crippen molar-refractivity contribution in [3.8, 4) is 0 Å². The molecule has 0 spiro atoms. The number of benzene rings is 2. The predicted octanol–water partition coefficient (Wildman–Crippen LogP) is 5.64. The van der Waals surface area contributed by atoms with E-state index in [1.165, 1.54) is 23.3 Å². The van der Waals surface area contributed by atoms with Crippen LogP contribution in [0.15, 0.2) is 54.6 Å². The largest absolute Gasteiger partial charge is 0.468 e. The second-order valence-electron chi connectivity index (χ2n) is 6.69. The monoisotopic (exact) mass is 366 g/mol. The van der Waals surface area contributed by atoms with Crippen molar-refractivity contribution in [2.45, 2.75) is 25.2 Å². The number of hydrogen-bond donors (Lipinski definition) is 0. The first-order chi connectivity index (χ1) is 12.5. The second kappa shape index (κ2) is 6.36. The van der Waals surface area contributed by atoms with Gasteiger partial charge in [-0.15, -0.1) is 11.3 Å². The normalized spacial score (nSPS) is 19.6. The summed E-state index contributed by atoms with van der Waals surface area (Å²) in [5.74, 6) is -0.628. The summed E-state index contributed by atoms with van der Waals surface area (Å²) in [4.78, 5) is 13.9. The average Bonchev–Trinajstić information content (AvgIpc) is 3.28. The molecule has 0 radical (unpaired) electrons. The van der Waals surface area contributed by atoms with E-state index in [4.69, 9.17) is 4.74 Å². The van der Waals surface area contributed by atoms with Gasteiger partial charge in [-0.05, 0) is 60.1 Å². The van der Waals surface area contributed by atoms with Crippen LogP contribution in [0.25, 0.3) is 15.7 Å². The van der Waals surface area contributed by atoms with Crippen LogP contribution in [0.4, 0.5) is 4.39 Å². The third kappa shape index (κ3) is 2.56. The summed E-state index contributed by atoms with van der Waals surface area (Å²) < 4.78 is 20.5. The van der Waals surface area contributed by atoms with E-state index in [1.54, 1.807) is 24.3 Å².